The van der Waals surface area contributed by atoms with E-state index in [0.717, 1.165) is 42.4 Å². The van der Waals surface area contributed by atoms with Gasteiger partial charge in [0.1, 0.15) is 5.65 Å². The fourth-order valence-electron chi connectivity index (χ4n) is 4.20. The van der Waals surface area contributed by atoms with Crippen LogP contribution in [-0.2, 0) is 6.54 Å². The summed E-state index contributed by atoms with van der Waals surface area (Å²) in [6.45, 7) is 6.23. The molecule has 0 saturated carbocycles. The molecule has 27 heavy (non-hydrogen) atoms. The molecule has 1 atom stereocenters. The molecule has 0 bridgehead atoms. The number of hydrogen-bond donors (Lipinski definition) is 0. The van der Waals surface area contributed by atoms with Gasteiger partial charge in [-0.15, -0.1) is 0 Å². The van der Waals surface area contributed by atoms with Gasteiger partial charge in [-0.05, 0) is 62.6 Å². The second kappa shape index (κ2) is 7.24. The molecule has 0 radical (unpaired) electrons. The molecule has 1 aliphatic rings. The van der Waals surface area contributed by atoms with Crippen LogP contribution in [0.2, 0.25) is 0 Å². The Balaban J connectivity index is 1.65. The van der Waals surface area contributed by atoms with Gasteiger partial charge in [-0.25, -0.2) is 4.98 Å². The average Bonchev–Trinajstić information content (AvgIpc) is 3.27. The molecule has 0 aliphatic carbocycles. The van der Waals surface area contributed by atoms with Crippen LogP contribution < -0.4 is 9.47 Å². The molecule has 1 aliphatic heterocycles. The van der Waals surface area contributed by atoms with Crippen molar-refractivity contribution in [2.24, 2.45) is 0 Å². The topological polar surface area (TPSA) is 39.0 Å². The summed E-state index contributed by atoms with van der Waals surface area (Å²) in [4.78, 5) is 7.36. The standard InChI is InChI=1S/C22H27N3O2/c1-15-7-5-12-25-19(16(2)23-22(15)25)14-24-11-6-8-18(24)17-9-10-20(26-3)21(13-17)27-4/h5,7,9-10,12-13,18H,6,8,11,14H2,1-4H3/t18-/m1/s1. The quantitative estimate of drug-likeness (QED) is 0.676. The van der Waals surface area contributed by atoms with Gasteiger partial charge in [-0.2, -0.15) is 0 Å². The summed E-state index contributed by atoms with van der Waals surface area (Å²) in [7, 11) is 3.37. The van der Waals surface area contributed by atoms with Gasteiger partial charge in [0.05, 0.1) is 25.6 Å². The van der Waals surface area contributed by atoms with E-state index in [0.29, 0.717) is 6.04 Å². The van der Waals surface area contributed by atoms with Crippen LogP contribution in [0, 0.1) is 13.8 Å². The zero-order valence-corrected chi connectivity index (χ0v) is 16.5. The second-order valence-electron chi connectivity index (χ2n) is 7.27. The largest absolute Gasteiger partial charge is 0.493 e. The molecule has 1 aromatic carbocycles. The maximum absolute atomic E-state index is 5.51. The molecule has 2 aromatic heterocycles. The van der Waals surface area contributed by atoms with E-state index < -0.39 is 0 Å². The summed E-state index contributed by atoms with van der Waals surface area (Å²) >= 11 is 0. The number of hydrogen-bond acceptors (Lipinski definition) is 4. The third kappa shape index (κ3) is 3.16. The number of fused-ring (bicyclic) bond motifs is 1. The van der Waals surface area contributed by atoms with Gasteiger partial charge in [-0.3, -0.25) is 4.90 Å². The van der Waals surface area contributed by atoms with Gasteiger partial charge in [-0.1, -0.05) is 12.1 Å². The number of methoxy groups -OCH3 is 2. The minimum absolute atomic E-state index is 0.388. The molecule has 0 amide bonds. The molecular formula is C22H27N3O2. The first-order valence-electron chi connectivity index (χ1n) is 9.51. The van der Waals surface area contributed by atoms with Gasteiger partial charge in [0, 0.05) is 18.8 Å². The summed E-state index contributed by atoms with van der Waals surface area (Å²) in [5, 5.41) is 0. The molecule has 5 nitrogen and oxygen atoms in total. The van der Waals surface area contributed by atoms with Crippen molar-refractivity contribution in [2.75, 3.05) is 20.8 Å². The number of nitrogens with zero attached hydrogens (tertiary/aromatic N) is 3. The Morgan fingerprint density at radius 1 is 1.11 bits per heavy atom. The minimum atomic E-state index is 0.388. The zero-order valence-electron chi connectivity index (χ0n) is 16.5. The van der Waals surface area contributed by atoms with Gasteiger partial charge >= 0.3 is 0 Å². The first kappa shape index (κ1) is 17.9. The van der Waals surface area contributed by atoms with Crippen LogP contribution in [0.1, 0.15) is 41.4 Å². The van der Waals surface area contributed by atoms with Crippen molar-refractivity contribution in [3.63, 3.8) is 0 Å². The van der Waals surface area contributed by atoms with E-state index in [2.05, 4.69) is 53.6 Å². The van der Waals surface area contributed by atoms with Crippen molar-refractivity contribution in [1.29, 1.82) is 0 Å². The lowest BCUT2D eigenvalue weighted by Gasteiger charge is -2.25. The number of aryl methyl sites for hydroxylation is 2. The number of rotatable bonds is 5. The minimum Gasteiger partial charge on any atom is -0.493 e. The third-order valence-corrected chi connectivity index (χ3v) is 5.65. The van der Waals surface area contributed by atoms with E-state index in [1.165, 1.54) is 23.2 Å². The van der Waals surface area contributed by atoms with Crippen molar-refractivity contribution in [2.45, 2.75) is 39.3 Å². The van der Waals surface area contributed by atoms with E-state index in [-0.39, 0.29) is 0 Å². The van der Waals surface area contributed by atoms with Gasteiger partial charge in [0.25, 0.3) is 0 Å². The molecule has 5 heteroatoms. The first-order valence-corrected chi connectivity index (χ1v) is 9.51. The van der Waals surface area contributed by atoms with Crippen LogP contribution in [0.5, 0.6) is 11.5 Å². The Kier molecular flexibility index (Phi) is 4.79. The number of benzene rings is 1. The van der Waals surface area contributed by atoms with Crippen molar-refractivity contribution in [3.05, 3.63) is 59.0 Å². The van der Waals surface area contributed by atoms with Crippen molar-refractivity contribution >= 4 is 5.65 Å². The van der Waals surface area contributed by atoms with Crippen LogP contribution in [0.15, 0.2) is 36.5 Å². The third-order valence-electron chi connectivity index (χ3n) is 5.65. The zero-order chi connectivity index (χ0) is 19.0. The van der Waals surface area contributed by atoms with E-state index in [4.69, 9.17) is 14.5 Å². The number of imidazole rings is 1. The molecule has 0 N–H and O–H groups in total. The van der Waals surface area contributed by atoms with Crippen LogP contribution in [-0.4, -0.2) is 35.0 Å². The Bertz CT molecular complexity index is 964. The number of ether oxygens (including phenoxy) is 2. The first-order chi connectivity index (χ1) is 13.1. The molecule has 4 rings (SSSR count). The normalized spacial score (nSPS) is 17.6. The molecular weight excluding hydrogens is 338 g/mol. The summed E-state index contributed by atoms with van der Waals surface area (Å²) < 4.78 is 13.1. The van der Waals surface area contributed by atoms with Gasteiger partial charge in [0.15, 0.2) is 11.5 Å². The lowest BCUT2D eigenvalue weighted by Crippen LogP contribution is -2.24. The lowest BCUT2D eigenvalue weighted by atomic mass is 10.0. The van der Waals surface area contributed by atoms with Crippen LogP contribution >= 0.6 is 0 Å². The van der Waals surface area contributed by atoms with Crippen LogP contribution in [0.25, 0.3) is 5.65 Å². The van der Waals surface area contributed by atoms with Crippen LogP contribution in [0.4, 0.5) is 0 Å². The highest BCUT2D eigenvalue weighted by Crippen LogP contribution is 2.37. The van der Waals surface area contributed by atoms with E-state index in [1.54, 1.807) is 14.2 Å². The fraction of sp³-hybridized carbons (Fsp3) is 0.409. The Labute approximate surface area is 160 Å². The highest BCUT2D eigenvalue weighted by atomic mass is 16.5. The Morgan fingerprint density at radius 3 is 2.70 bits per heavy atom. The van der Waals surface area contributed by atoms with E-state index in [9.17, 15) is 0 Å². The molecule has 142 valence electrons. The predicted molar refractivity (Wildman–Crippen MR) is 107 cm³/mol. The maximum Gasteiger partial charge on any atom is 0.161 e. The van der Waals surface area contributed by atoms with Gasteiger partial charge < -0.3 is 13.9 Å². The summed E-state index contributed by atoms with van der Waals surface area (Å²) in [6.07, 6.45) is 4.48. The highest BCUT2D eigenvalue weighted by Gasteiger charge is 2.28. The summed E-state index contributed by atoms with van der Waals surface area (Å²) in [5.74, 6) is 1.57. The number of aromatic nitrogens is 2. The molecule has 0 unspecified atom stereocenters. The Morgan fingerprint density at radius 2 is 1.93 bits per heavy atom. The lowest BCUT2D eigenvalue weighted by molar-refractivity contribution is 0.243. The fourth-order valence-corrected chi connectivity index (χ4v) is 4.20. The molecule has 3 heterocycles. The maximum atomic E-state index is 5.51. The highest BCUT2D eigenvalue weighted by molar-refractivity contribution is 5.50. The average molecular weight is 365 g/mol. The molecule has 1 fully saturated rings. The van der Waals surface area contributed by atoms with E-state index >= 15 is 0 Å². The molecule has 1 saturated heterocycles. The van der Waals surface area contributed by atoms with Crippen molar-refractivity contribution < 1.29 is 9.47 Å². The molecule has 0 spiro atoms. The summed E-state index contributed by atoms with van der Waals surface area (Å²) in [6, 6.07) is 10.9. The SMILES string of the molecule is COc1ccc([C@H]2CCCN2Cc2c(C)nc3c(C)cccn23)cc1OC. The van der Waals surface area contributed by atoms with Crippen molar-refractivity contribution in [3.8, 4) is 11.5 Å². The number of likely N-dealkylation sites (tertiary alicyclic amines) is 1. The molecule has 3 aromatic rings. The second-order valence-corrected chi connectivity index (χ2v) is 7.27. The predicted octanol–water partition coefficient (Wildman–Crippen LogP) is 4.31. The van der Waals surface area contributed by atoms with E-state index in [1.807, 2.05) is 6.07 Å². The van der Waals surface area contributed by atoms with Crippen molar-refractivity contribution in [1.82, 2.24) is 14.3 Å². The van der Waals surface area contributed by atoms with Crippen LogP contribution in [0.3, 0.4) is 0 Å². The van der Waals surface area contributed by atoms with Gasteiger partial charge in [0.2, 0.25) is 0 Å². The number of pyridine rings is 1. The smallest absolute Gasteiger partial charge is 0.161 e. The monoisotopic (exact) mass is 365 g/mol. The summed E-state index contributed by atoms with van der Waals surface area (Å²) in [5.41, 5.74) is 5.95. The Hall–Kier alpha value is -2.53.